The van der Waals surface area contributed by atoms with Gasteiger partial charge in [-0.1, -0.05) is 0 Å². The average molecular weight is 343 g/mol. The molecule has 0 radical (unpaired) electrons. The average Bonchev–Trinajstić information content (AvgIpc) is 3.19. The molecular weight excluding hydrogens is 321 g/mol. The Morgan fingerprint density at radius 1 is 0.920 bits per heavy atom. The highest BCUT2D eigenvalue weighted by Crippen LogP contribution is 2.25. The first kappa shape index (κ1) is 16.1. The first-order valence-corrected chi connectivity index (χ1v) is 8.88. The largest absolute Gasteiger partial charge is 0.489 e. The van der Waals surface area contributed by atoms with Crippen molar-refractivity contribution in [2.75, 3.05) is 36.0 Å². The Kier molecular flexibility index (Phi) is 4.63. The molecule has 0 aliphatic carbocycles. The summed E-state index contributed by atoms with van der Waals surface area (Å²) in [4.78, 5) is 17.1. The van der Waals surface area contributed by atoms with Crippen LogP contribution < -0.4 is 14.5 Å². The molecule has 0 N–H and O–H groups in total. The minimum Gasteiger partial charge on any atom is -0.489 e. The second-order valence-electron chi connectivity index (χ2n) is 6.55. The van der Waals surface area contributed by atoms with E-state index in [9.17, 15) is 4.39 Å². The van der Waals surface area contributed by atoms with Crippen LogP contribution in [0.2, 0.25) is 0 Å². The van der Waals surface area contributed by atoms with Crippen molar-refractivity contribution in [2.24, 2.45) is 0 Å². The van der Waals surface area contributed by atoms with Crippen molar-refractivity contribution in [3.8, 4) is 5.75 Å². The van der Waals surface area contributed by atoms with Crippen LogP contribution in [0.5, 0.6) is 5.75 Å². The van der Waals surface area contributed by atoms with E-state index in [0.717, 1.165) is 50.7 Å². The Labute approximate surface area is 146 Å². The molecule has 0 amide bonds. The van der Waals surface area contributed by atoms with E-state index < -0.39 is 5.95 Å². The molecular formula is C18H22FN5O. The zero-order valence-electron chi connectivity index (χ0n) is 14.1. The van der Waals surface area contributed by atoms with Gasteiger partial charge in [0.2, 0.25) is 5.95 Å². The van der Waals surface area contributed by atoms with Crippen molar-refractivity contribution < 1.29 is 9.13 Å². The molecule has 6 nitrogen and oxygen atoms in total. The Balaban J connectivity index is 1.35. The molecule has 7 heteroatoms. The van der Waals surface area contributed by atoms with E-state index in [0.29, 0.717) is 5.75 Å². The number of hydrogen-bond acceptors (Lipinski definition) is 6. The predicted molar refractivity (Wildman–Crippen MR) is 93.5 cm³/mol. The Bertz CT molecular complexity index is 697. The van der Waals surface area contributed by atoms with Crippen molar-refractivity contribution in [1.29, 1.82) is 0 Å². The van der Waals surface area contributed by atoms with Crippen LogP contribution >= 0.6 is 0 Å². The lowest BCUT2D eigenvalue weighted by atomic mass is 10.1. The van der Waals surface area contributed by atoms with Gasteiger partial charge in [0.05, 0.1) is 6.20 Å². The van der Waals surface area contributed by atoms with E-state index in [1.165, 1.54) is 25.1 Å². The second-order valence-corrected chi connectivity index (χ2v) is 6.55. The van der Waals surface area contributed by atoms with Gasteiger partial charge in [0.15, 0.2) is 0 Å². The van der Waals surface area contributed by atoms with E-state index in [4.69, 9.17) is 4.74 Å². The number of anilines is 2. The molecule has 0 bridgehead atoms. The van der Waals surface area contributed by atoms with Gasteiger partial charge in [-0.15, -0.1) is 0 Å². The van der Waals surface area contributed by atoms with Gasteiger partial charge >= 0.3 is 0 Å². The maximum atomic E-state index is 12.9. The Morgan fingerprint density at radius 2 is 1.60 bits per heavy atom. The van der Waals surface area contributed by atoms with Crippen molar-refractivity contribution in [3.05, 3.63) is 36.7 Å². The Morgan fingerprint density at radius 3 is 2.24 bits per heavy atom. The van der Waals surface area contributed by atoms with Crippen molar-refractivity contribution >= 4 is 11.6 Å². The highest BCUT2D eigenvalue weighted by Gasteiger charge is 2.23. The standard InChI is InChI=1S/C18H22FN5O/c19-16-4-3-15(12-20-16)25-14-5-9-24(10-6-14)18-11-17(21-13-22-18)23-7-1-2-8-23/h3-4,11-14H,1-2,5-10H2. The number of nitrogens with zero attached hydrogens (tertiary/aromatic N) is 5. The number of halogens is 1. The molecule has 0 atom stereocenters. The van der Waals surface area contributed by atoms with E-state index >= 15 is 0 Å². The summed E-state index contributed by atoms with van der Waals surface area (Å²) >= 11 is 0. The van der Waals surface area contributed by atoms with E-state index in [1.807, 2.05) is 0 Å². The summed E-state index contributed by atoms with van der Waals surface area (Å²) in [6.45, 7) is 3.93. The third-order valence-electron chi connectivity index (χ3n) is 4.84. The quantitative estimate of drug-likeness (QED) is 0.796. The zero-order chi connectivity index (χ0) is 17.1. The summed E-state index contributed by atoms with van der Waals surface area (Å²) in [6, 6.07) is 5.04. The van der Waals surface area contributed by atoms with E-state index in [1.54, 1.807) is 12.4 Å². The molecule has 2 aliphatic rings. The lowest BCUT2D eigenvalue weighted by Crippen LogP contribution is -2.38. The molecule has 2 saturated heterocycles. The van der Waals surface area contributed by atoms with Crippen molar-refractivity contribution in [3.63, 3.8) is 0 Å². The highest BCUT2D eigenvalue weighted by molar-refractivity contribution is 5.50. The van der Waals surface area contributed by atoms with Crippen LogP contribution in [0.4, 0.5) is 16.0 Å². The molecule has 25 heavy (non-hydrogen) atoms. The number of aromatic nitrogens is 3. The molecule has 0 unspecified atom stereocenters. The maximum absolute atomic E-state index is 12.9. The molecule has 2 aromatic heterocycles. The van der Waals surface area contributed by atoms with Gasteiger partial charge in [0.25, 0.3) is 0 Å². The SMILES string of the molecule is Fc1ccc(OC2CCN(c3cc(N4CCCC4)ncn3)CC2)cn1. The molecule has 2 fully saturated rings. The predicted octanol–water partition coefficient (Wildman–Crippen LogP) is 2.66. The molecule has 0 saturated carbocycles. The fraction of sp³-hybridized carbons (Fsp3) is 0.500. The number of ether oxygens (including phenoxy) is 1. The minimum absolute atomic E-state index is 0.128. The monoisotopic (exact) mass is 343 g/mol. The first-order valence-electron chi connectivity index (χ1n) is 8.88. The molecule has 2 aliphatic heterocycles. The lowest BCUT2D eigenvalue weighted by Gasteiger charge is -2.33. The number of hydrogen-bond donors (Lipinski definition) is 0. The smallest absolute Gasteiger partial charge is 0.213 e. The minimum atomic E-state index is -0.486. The third kappa shape index (κ3) is 3.81. The summed E-state index contributed by atoms with van der Waals surface area (Å²) < 4.78 is 18.8. The van der Waals surface area contributed by atoms with Gasteiger partial charge in [-0.2, -0.15) is 4.39 Å². The molecule has 4 rings (SSSR count). The number of piperidine rings is 1. The topological polar surface area (TPSA) is 54.4 Å². The molecule has 0 spiro atoms. The fourth-order valence-corrected chi connectivity index (χ4v) is 3.46. The van der Waals surface area contributed by atoms with Gasteiger partial charge in [0.1, 0.15) is 29.8 Å². The van der Waals surface area contributed by atoms with Gasteiger partial charge < -0.3 is 14.5 Å². The molecule has 4 heterocycles. The lowest BCUT2D eigenvalue weighted by molar-refractivity contribution is 0.170. The summed E-state index contributed by atoms with van der Waals surface area (Å²) in [5.74, 6) is 2.15. The van der Waals surface area contributed by atoms with Gasteiger partial charge in [-0.3, -0.25) is 0 Å². The summed E-state index contributed by atoms with van der Waals surface area (Å²) in [6.07, 6.45) is 7.51. The van der Waals surface area contributed by atoms with Crippen LogP contribution in [0.1, 0.15) is 25.7 Å². The Hall–Kier alpha value is -2.44. The molecule has 132 valence electrons. The van der Waals surface area contributed by atoms with Gasteiger partial charge in [-0.05, 0) is 25.0 Å². The van der Waals surface area contributed by atoms with Crippen LogP contribution in [0.3, 0.4) is 0 Å². The summed E-state index contributed by atoms with van der Waals surface area (Å²) in [5, 5.41) is 0. The van der Waals surface area contributed by atoms with Crippen LogP contribution in [0, 0.1) is 5.95 Å². The first-order chi connectivity index (χ1) is 12.3. The second kappa shape index (κ2) is 7.21. The molecule has 2 aromatic rings. The summed E-state index contributed by atoms with van der Waals surface area (Å²) in [5.41, 5.74) is 0. The normalized spacial score (nSPS) is 18.6. The van der Waals surface area contributed by atoms with E-state index in [2.05, 4.69) is 30.8 Å². The van der Waals surface area contributed by atoms with Gasteiger partial charge in [0, 0.05) is 45.1 Å². The highest BCUT2D eigenvalue weighted by atomic mass is 19.1. The van der Waals surface area contributed by atoms with E-state index in [-0.39, 0.29) is 6.10 Å². The summed E-state index contributed by atoms with van der Waals surface area (Å²) in [7, 11) is 0. The fourth-order valence-electron chi connectivity index (χ4n) is 3.46. The van der Waals surface area contributed by atoms with Crippen LogP contribution in [0.25, 0.3) is 0 Å². The third-order valence-corrected chi connectivity index (χ3v) is 4.84. The van der Waals surface area contributed by atoms with Crippen LogP contribution in [0.15, 0.2) is 30.7 Å². The maximum Gasteiger partial charge on any atom is 0.213 e. The van der Waals surface area contributed by atoms with Gasteiger partial charge in [-0.25, -0.2) is 15.0 Å². The number of pyridine rings is 1. The molecule has 0 aromatic carbocycles. The van der Waals surface area contributed by atoms with Crippen molar-refractivity contribution in [2.45, 2.75) is 31.8 Å². The zero-order valence-corrected chi connectivity index (χ0v) is 14.1. The number of rotatable bonds is 4. The van der Waals surface area contributed by atoms with Crippen molar-refractivity contribution in [1.82, 2.24) is 15.0 Å². The van der Waals surface area contributed by atoms with Crippen LogP contribution in [-0.2, 0) is 0 Å². The van der Waals surface area contributed by atoms with Crippen LogP contribution in [-0.4, -0.2) is 47.2 Å².